The summed E-state index contributed by atoms with van der Waals surface area (Å²) < 4.78 is 7.35. The Labute approximate surface area is 226 Å². The molecule has 1 aliphatic heterocycles. The Morgan fingerprint density at radius 1 is 0.974 bits per heavy atom. The lowest BCUT2D eigenvalue weighted by Crippen LogP contribution is -2.38. The summed E-state index contributed by atoms with van der Waals surface area (Å²) in [5, 5.41) is 4.38. The van der Waals surface area contributed by atoms with E-state index in [1.165, 1.54) is 33.8 Å². The number of carbonyl (C=O) groups excluding carboxylic acids is 2. The van der Waals surface area contributed by atoms with Crippen molar-refractivity contribution in [3.63, 3.8) is 0 Å². The average Bonchev–Trinajstić information content (AvgIpc) is 3.52. The number of hydrogen-bond acceptors (Lipinski definition) is 4. The van der Waals surface area contributed by atoms with E-state index in [4.69, 9.17) is 4.74 Å². The van der Waals surface area contributed by atoms with Gasteiger partial charge >= 0.3 is 12.0 Å². The van der Waals surface area contributed by atoms with Gasteiger partial charge in [0, 0.05) is 22.3 Å². The van der Waals surface area contributed by atoms with E-state index in [1.54, 1.807) is 6.92 Å². The number of nitrogens with zero attached hydrogens (tertiary/aromatic N) is 2. The number of esters is 1. The first kappa shape index (κ1) is 24.5. The molecule has 0 saturated carbocycles. The van der Waals surface area contributed by atoms with Crippen molar-refractivity contribution in [2.45, 2.75) is 51.6 Å². The van der Waals surface area contributed by atoms with Gasteiger partial charge in [0.15, 0.2) is 0 Å². The van der Waals surface area contributed by atoms with Crippen molar-refractivity contribution in [3.05, 3.63) is 106 Å². The van der Waals surface area contributed by atoms with Gasteiger partial charge in [0.1, 0.15) is 5.00 Å². The highest BCUT2D eigenvalue weighted by atomic mass is 32.1. The molecule has 2 aliphatic rings. The van der Waals surface area contributed by atoms with Gasteiger partial charge in [-0.15, -0.1) is 11.3 Å². The van der Waals surface area contributed by atoms with Gasteiger partial charge in [0.25, 0.3) is 0 Å². The van der Waals surface area contributed by atoms with Crippen molar-refractivity contribution in [2.75, 3.05) is 11.9 Å². The Balaban J connectivity index is 1.35. The predicted molar refractivity (Wildman–Crippen MR) is 150 cm³/mol. The van der Waals surface area contributed by atoms with Gasteiger partial charge in [-0.3, -0.25) is 4.79 Å². The topological polar surface area (TPSA) is 63.6 Å². The zero-order valence-electron chi connectivity index (χ0n) is 21.5. The first-order valence-corrected chi connectivity index (χ1v) is 14.1. The fraction of sp³-hybridized carbons (Fsp3) is 0.290. The summed E-state index contributed by atoms with van der Waals surface area (Å²) in [6, 6.07) is 21.5. The summed E-state index contributed by atoms with van der Waals surface area (Å²) in [6.45, 7) is 2.72. The van der Waals surface area contributed by atoms with Crippen LogP contribution in [0.5, 0.6) is 0 Å². The SMILES string of the molecule is CCOC(=O)Cc1ccc(NC(=O)N2Cc3c(sc4c3CCCC4)-n3cccc3C2c2ccccc2)cc1. The first-order chi connectivity index (χ1) is 18.6. The monoisotopic (exact) mass is 525 g/mol. The van der Waals surface area contributed by atoms with Crippen LogP contribution in [0.4, 0.5) is 10.5 Å². The molecule has 1 N–H and O–H groups in total. The normalized spacial score (nSPS) is 16.1. The molecule has 3 heterocycles. The van der Waals surface area contributed by atoms with Gasteiger partial charge in [-0.05, 0) is 73.6 Å². The lowest BCUT2D eigenvalue weighted by atomic mass is 9.95. The van der Waals surface area contributed by atoms with Gasteiger partial charge in [-0.2, -0.15) is 0 Å². The number of thiophene rings is 1. The van der Waals surface area contributed by atoms with E-state index >= 15 is 0 Å². The lowest BCUT2D eigenvalue weighted by Gasteiger charge is -2.31. The molecule has 0 radical (unpaired) electrons. The number of aromatic nitrogens is 1. The van der Waals surface area contributed by atoms with Crippen LogP contribution in [0, 0.1) is 0 Å². The Kier molecular flexibility index (Phi) is 6.77. The Morgan fingerprint density at radius 2 is 1.76 bits per heavy atom. The number of ether oxygens (including phenoxy) is 1. The molecule has 2 amide bonds. The summed E-state index contributed by atoms with van der Waals surface area (Å²) in [4.78, 5) is 29.3. The van der Waals surface area contributed by atoms with Crippen molar-refractivity contribution >= 4 is 29.0 Å². The summed E-state index contributed by atoms with van der Waals surface area (Å²) in [6.07, 6.45) is 6.97. The number of urea groups is 1. The highest BCUT2D eigenvalue weighted by Crippen LogP contribution is 2.44. The summed E-state index contributed by atoms with van der Waals surface area (Å²) >= 11 is 1.89. The van der Waals surface area contributed by atoms with Crippen LogP contribution < -0.4 is 5.32 Å². The molecular weight excluding hydrogens is 494 g/mol. The minimum Gasteiger partial charge on any atom is -0.466 e. The van der Waals surface area contributed by atoms with Crippen molar-refractivity contribution in [3.8, 4) is 5.00 Å². The molecule has 4 aromatic rings. The zero-order valence-corrected chi connectivity index (χ0v) is 22.3. The molecule has 6 rings (SSSR count). The number of aryl methyl sites for hydroxylation is 1. The van der Waals surface area contributed by atoms with E-state index in [2.05, 4.69) is 40.3 Å². The maximum Gasteiger partial charge on any atom is 0.322 e. The molecule has 2 aromatic carbocycles. The maximum absolute atomic E-state index is 14.0. The van der Waals surface area contributed by atoms with Crippen molar-refractivity contribution < 1.29 is 14.3 Å². The van der Waals surface area contributed by atoms with Crippen LogP contribution in [0.15, 0.2) is 72.9 Å². The number of carbonyl (C=O) groups is 2. The molecule has 1 atom stereocenters. The molecule has 0 fully saturated rings. The third-order valence-electron chi connectivity index (χ3n) is 7.41. The number of nitrogens with one attached hydrogen (secondary N) is 1. The Bertz CT molecular complexity index is 1460. The van der Waals surface area contributed by atoms with Crippen molar-refractivity contribution in [2.24, 2.45) is 0 Å². The van der Waals surface area contributed by atoms with Gasteiger partial charge in [0.2, 0.25) is 0 Å². The number of fused-ring (bicyclic) bond motifs is 5. The molecule has 1 aliphatic carbocycles. The highest BCUT2D eigenvalue weighted by Gasteiger charge is 2.36. The Hall–Kier alpha value is -3.84. The molecule has 0 spiro atoms. The average molecular weight is 526 g/mol. The largest absolute Gasteiger partial charge is 0.466 e. The molecule has 7 heteroatoms. The number of amides is 2. The third-order valence-corrected chi connectivity index (χ3v) is 8.75. The van der Waals surface area contributed by atoms with Gasteiger partial charge < -0.3 is 19.5 Å². The zero-order chi connectivity index (χ0) is 26.1. The molecule has 38 heavy (non-hydrogen) atoms. The molecule has 1 unspecified atom stereocenters. The first-order valence-electron chi connectivity index (χ1n) is 13.3. The van der Waals surface area contributed by atoms with E-state index in [9.17, 15) is 9.59 Å². The fourth-order valence-corrected chi connectivity index (χ4v) is 7.06. The third kappa shape index (κ3) is 4.63. The minimum atomic E-state index is -0.252. The summed E-state index contributed by atoms with van der Waals surface area (Å²) in [5.41, 5.74) is 6.43. The van der Waals surface area contributed by atoms with Crippen LogP contribution in [0.3, 0.4) is 0 Å². The van der Waals surface area contributed by atoms with E-state index < -0.39 is 0 Å². The number of anilines is 1. The van der Waals surface area contributed by atoms with Gasteiger partial charge in [0.05, 0.1) is 31.3 Å². The highest BCUT2D eigenvalue weighted by molar-refractivity contribution is 7.15. The number of hydrogen-bond donors (Lipinski definition) is 1. The predicted octanol–water partition coefficient (Wildman–Crippen LogP) is 6.66. The van der Waals surface area contributed by atoms with Crippen molar-refractivity contribution in [1.29, 1.82) is 0 Å². The molecule has 194 valence electrons. The van der Waals surface area contributed by atoms with Crippen LogP contribution in [0.2, 0.25) is 0 Å². The van der Waals surface area contributed by atoms with Gasteiger partial charge in [-0.25, -0.2) is 4.79 Å². The van der Waals surface area contributed by atoms with Crippen LogP contribution in [-0.4, -0.2) is 28.1 Å². The second-order valence-electron chi connectivity index (χ2n) is 9.85. The maximum atomic E-state index is 14.0. The van der Waals surface area contributed by atoms with Crippen LogP contribution in [0.1, 0.15) is 58.6 Å². The molecule has 2 aromatic heterocycles. The van der Waals surface area contributed by atoms with E-state index in [1.807, 2.05) is 58.7 Å². The summed E-state index contributed by atoms with van der Waals surface area (Å²) in [7, 11) is 0. The van der Waals surface area contributed by atoms with E-state index in [0.29, 0.717) is 18.8 Å². The van der Waals surface area contributed by atoms with Crippen LogP contribution >= 0.6 is 11.3 Å². The van der Waals surface area contributed by atoms with Gasteiger partial charge in [-0.1, -0.05) is 42.5 Å². The van der Waals surface area contributed by atoms with E-state index in [0.717, 1.165) is 29.7 Å². The standard InChI is InChI=1S/C31H31N3O3S/c1-2-37-28(35)19-21-14-16-23(17-15-21)32-31(36)34-20-25-24-11-6-7-13-27(24)38-30(25)33-18-8-12-26(33)29(34)22-9-4-3-5-10-22/h3-5,8-10,12,14-18,29H,2,6-7,11,13,19-20H2,1H3,(H,32,36). The summed E-state index contributed by atoms with van der Waals surface area (Å²) in [5.74, 6) is -0.252. The smallest absolute Gasteiger partial charge is 0.322 e. The minimum absolute atomic E-state index is 0.145. The quantitative estimate of drug-likeness (QED) is 0.296. The molecule has 0 bridgehead atoms. The molecule has 6 nitrogen and oxygen atoms in total. The number of benzene rings is 2. The number of rotatable bonds is 5. The second kappa shape index (κ2) is 10.5. The molecule has 0 saturated heterocycles. The van der Waals surface area contributed by atoms with Crippen LogP contribution in [0.25, 0.3) is 5.00 Å². The lowest BCUT2D eigenvalue weighted by molar-refractivity contribution is -0.142. The molecular formula is C31H31N3O3S. The van der Waals surface area contributed by atoms with Crippen LogP contribution in [-0.2, 0) is 35.3 Å². The van der Waals surface area contributed by atoms with E-state index in [-0.39, 0.29) is 24.5 Å². The van der Waals surface area contributed by atoms with Crippen molar-refractivity contribution in [1.82, 2.24) is 9.47 Å². The Morgan fingerprint density at radius 3 is 2.55 bits per heavy atom. The fourth-order valence-electron chi connectivity index (χ4n) is 5.65. The second-order valence-corrected chi connectivity index (χ2v) is 10.9.